The zero-order valence-corrected chi connectivity index (χ0v) is 20.7. The Kier molecular flexibility index (Phi) is 8.35. The highest BCUT2D eigenvalue weighted by molar-refractivity contribution is 6.09. The van der Waals surface area contributed by atoms with Crippen molar-refractivity contribution in [3.63, 3.8) is 0 Å². The van der Waals surface area contributed by atoms with Crippen LogP contribution in [0.3, 0.4) is 0 Å². The molecule has 0 saturated carbocycles. The number of anilines is 1. The molecule has 1 amide bonds. The lowest BCUT2D eigenvalue weighted by Gasteiger charge is -2.43. The quantitative estimate of drug-likeness (QED) is 0.385. The zero-order chi connectivity index (χ0) is 24.0. The fourth-order valence-electron chi connectivity index (χ4n) is 4.52. The van der Waals surface area contributed by atoms with Gasteiger partial charge >= 0.3 is 0 Å². The molecular weight excluding hydrogens is 417 g/mol. The van der Waals surface area contributed by atoms with E-state index in [1.807, 2.05) is 38.5 Å². The topological polar surface area (TPSA) is 50.4 Å². The standard InChI is InChI=1S/C18H17FN2O2.C9H21N/c1-11-7-14-16(23-11)9-15-17(22)21(18(2,3)10-20(14)15)13-6-4-5-12(19)8-13;1-3-4-5-6-7-8-9-10-2/h4-9H,10H2,1-3H3;10H,3-9H2,1-2H3. The summed E-state index contributed by atoms with van der Waals surface area (Å²) in [5.41, 5.74) is 2.30. The minimum Gasteiger partial charge on any atom is -0.460 e. The Hall–Kier alpha value is -2.60. The van der Waals surface area contributed by atoms with Crippen LogP contribution in [-0.4, -0.2) is 29.6 Å². The zero-order valence-electron chi connectivity index (χ0n) is 20.7. The van der Waals surface area contributed by atoms with E-state index in [4.69, 9.17) is 4.42 Å². The maximum Gasteiger partial charge on any atom is 0.275 e. The summed E-state index contributed by atoms with van der Waals surface area (Å²) in [7, 11) is 2.02. The van der Waals surface area contributed by atoms with Gasteiger partial charge in [0.05, 0.1) is 11.1 Å². The molecule has 1 aromatic carbocycles. The van der Waals surface area contributed by atoms with E-state index in [1.165, 1.54) is 57.2 Å². The van der Waals surface area contributed by atoms with E-state index in [0.717, 1.165) is 11.3 Å². The Morgan fingerprint density at radius 1 is 1.09 bits per heavy atom. The van der Waals surface area contributed by atoms with E-state index in [9.17, 15) is 9.18 Å². The predicted octanol–water partition coefficient (Wildman–Crippen LogP) is 6.69. The molecular formula is C27H38FN3O2. The Labute approximate surface area is 196 Å². The van der Waals surface area contributed by atoms with Gasteiger partial charge in [-0.05, 0) is 59.0 Å². The van der Waals surface area contributed by atoms with Crippen molar-refractivity contribution in [3.8, 4) is 0 Å². The molecule has 1 aliphatic rings. The number of halogens is 1. The normalized spacial score (nSPS) is 14.8. The maximum atomic E-state index is 13.6. The van der Waals surface area contributed by atoms with Crippen LogP contribution in [-0.2, 0) is 6.54 Å². The molecule has 6 heteroatoms. The maximum absolute atomic E-state index is 13.6. The minimum absolute atomic E-state index is 0.143. The second-order valence-corrected chi connectivity index (χ2v) is 9.53. The Bertz CT molecular complexity index is 1060. The summed E-state index contributed by atoms with van der Waals surface area (Å²) in [6, 6.07) is 9.87. The number of rotatable bonds is 8. The summed E-state index contributed by atoms with van der Waals surface area (Å²) >= 11 is 0. The third-order valence-corrected chi connectivity index (χ3v) is 6.13. The number of nitrogens with zero attached hydrogens (tertiary/aromatic N) is 2. The number of amides is 1. The number of unbranched alkanes of at least 4 members (excludes halogenated alkanes) is 5. The van der Waals surface area contributed by atoms with Crippen LogP contribution in [0, 0.1) is 12.7 Å². The largest absolute Gasteiger partial charge is 0.460 e. The Morgan fingerprint density at radius 3 is 2.52 bits per heavy atom. The number of aromatic nitrogens is 1. The molecule has 1 N–H and O–H groups in total. The molecule has 33 heavy (non-hydrogen) atoms. The van der Waals surface area contributed by atoms with Gasteiger partial charge in [0.25, 0.3) is 5.91 Å². The summed E-state index contributed by atoms with van der Waals surface area (Å²) in [6.45, 7) is 9.92. The fraction of sp³-hybridized carbons (Fsp3) is 0.519. The summed E-state index contributed by atoms with van der Waals surface area (Å²) in [5, 5.41) is 3.16. The monoisotopic (exact) mass is 455 g/mol. The summed E-state index contributed by atoms with van der Waals surface area (Å²) in [6.07, 6.45) is 8.38. The van der Waals surface area contributed by atoms with Crippen molar-refractivity contribution in [2.75, 3.05) is 18.5 Å². The molecule has 0 bridgehead atoms. The van der Waals surface area contributed by atoms with Crippen LogP contribution >= 0.6 is 0 Å². The highest BCUT2D eigenvalue weighted by atomic mass is 19.1. The molecule has 2 aromatic heterocycles. The van der Waals surface area contributed by atoms with Gasteiger partial charge in [-0.3, -0.25) is 9.69 Å². The average Bonchev–Trinajstić information content (AvgIpc) is 3.27. The van der Waals surface area contributed by atoms with Crippen LogP contribution < -0.4 is 10.2 Å². The lowest BCUT2D eigenvalue weighted by Crippen LogP contribution is -2.55. The second-order valence-electron chi connectivity index (χ2n) is 9.53. The van der Waals surface area contributed by atoms with E-state index in [-0.39, 0.29) is 11.7 Å². The summed E-state index contributed by atoms with van der Waals surface area (Å²) in [4.78, 5) is 14.7. The van der Waals surface area contributed by atoms with Gasteiger partial charge in [-0.25, -0.2) is 4.39 Å². The van der Waals surface area contributed by atoms with E-state index in [0.29, 0.717) is 23.5 Å². The number of carbonyl (C=O) groups excluding carboxylic acids is 1. The van der Waals surface area contributed by atoms with E-state index in [2.05, 4.69) is 12.2 Å². The molecule has 0 atom stereocenters. The molecule has 180 valence electrons. The first-order valence-electron chi connectivity index (χ1n) is 12.1. The van der Waals surface area contributed by atoms with Gasteiger partial charge in [-0.1, -0.05) is 45.1 Å². The van der Waals surface area contributed by atoms with E-state index >= 15 is 0 Å². The number of fused-ring (bicyclic) bond motifs is 3. The molecule has 1 aliphatic heterocycles. The Morgan fingerprint density at radius 2 is 1.82 bits per heavy atom. The molecule has 4 rings (SSSR count). The SMILES string of the molecule is CCCCCCCCNC.Cc1cc2c(cc3n2CC(C)(C)N(c2cccc(F)c2)C3=O)o1. The first-order chi connectivity index (χ1) is 15.8. The van der Waals surface area contributed by atoms with Crippen LogP contribution in [0.2, 0.25) is 0 Å². The van der Waals surface area contributed by atoms with Crippen molar-refractivity contribution < 1.29 is 13.6 Å². The molecule has 0 fully saturated rings. The van der Waals surface area contributed by atoms with Gasteiger partial charge in [0.2, 0.25) is 0 Å². The Balaban J connectivity index is 0.000000262. The number of furan rings is 1. The first-order valence-corrected chi connectivity index (χ1v) is 12.1. The molecule has 0 unspecified atom stereocenters. The molecule has 0 aliphatic carbocycles. The van der Waals surface area contributed by atoms with Gasteiger partial charge in [0.15, 0.2) is 5.58 Å². The summed E-state index contributed by atoms with van der Waals surface area (Å²) in [5.74, 6) is 0.329. The molecule has 3 aromatic rings. The molecule has 0 spiro atoms. The fourth-order valence-corrected chi connectivity index (χ4v) is 4.52. The lowest BCUT2D eigenvalue weighted by molar-refractivity contribution is 0.0924. The van der Waals surface area contributed by atoms with Crippen LogP contribution in [0.15, 0.2) is 40.8 Å². The number of benzene rings is 1. The molecule has 0 saturated heterocycles. The lowest BCUT2D eigenvalue weighted by atomic mass is 9.97. The average molecular weight is 456 g/mol. The first kappa shape index (κ1) is 25.0. The number of hydrogen-bond acceptors (Lipinski definition) is 3. The second kappa shape index (κ2) is 11.0. The van der Waals surface area contributed by atoms with E-state index < -0.39 is 5.54 Å². The smallest absolute Gasteiger partial charge is 0.275 e. The van der Waals surface area contributed by atoms with Crippen molar-refractivity contribution in [1.29, 1.82) is 0 Å². The van der Waals surface area contributed by atoms with Crippen molar-refractivity contribution >= 4 is 22.7 Å². The number of nitrogens with one attached hydrogen (secondary N) is 1. The number of aryl methyl sites for hydroxylation is 1. The third kappa shape index (κ3) is 5.85. The van der Waals surface area contributed by atoms with Gasteiger partial charge in [-0.2, -0.15) is 0 Å². The molecule has 5 nitrogen and oxygen atoms in total. The molecule has 0 radical (unpaired) electrons. The van der Waals surface area contributed by atoms with E-state index in [1.54, 1.807) is 23.1 Å². The summed E-state index contributed by atoms with van der Waals surface area (Å²) < 4.78 is 21.2. The van der Waals surface area contributed by atoms with Crippen LogP contribution in [0.5, 0.6) is 0 Å². The third-order valence-electron chi connectivity index (χ3n) is 6.13. The highest BCUT2D eigenvalue weighted by Crippen LogP contribution is 2.36. The van der Waals surface area contributed by atoms with Gasteiger partial charge in [0, 0.05) is 24.4 Å². The van der Waals surface area contributed by atoms with Crippen LogP contribution in [0.25, 0.3) is 11.1 Å². The van der Waals surface area contributed by atoms with Gasteiger partial charge < -0.3 is 14.3 Å². The van der Waals surface area contributed by atoms with Crippen molar-refractivity contribution in [3.05, 3.63) is 53.7 Å². The minimum atomic E-state index is -0.477. The van der Waals surface area contributed by atoms with Crippen molar-refractivity contribution in [1.82, 2.24) is 9.88 Å². The highest BCUT2D eigenvalue weighted by Gasteiger charge is 2.40. The van der Waals surface area contributed by atoms with Gasteiger partial charge in [-0.15, -0.1) is 0 Å². The molecule has 3 heterocycles. The van der Waals surface area contributed by atoms with Gasteiger partial charge in [0.1, 0.15) is 17.3 Å². The number of carbonyl (C=O) groups is 1. The predicted molar refractivity (Wildman–Crippen MR) is 134 cm³/mol. The van der Waals surface area contributed by atoms with Crippen LogP contribution in [0.1, 0.15) is 75.5 Å². The van der Waals surface area contributed by atoms with Crippen molar-refractivity contribution in [2.45, 2.75) is 78.3 Å². The van der Waals surface area contributed by atoms with Crippen molar-refractivity contribution in [2.24, 2.45) is 0 Å². The van der Waals surface area contributed by atoms with Crippen LogP contribution in [0.4, 0.5) is 10.1 Å². The number of hydrogen-bond donors (Lipinski definition) is 1.